The van der Waals surface area contributed by atoms with Gasteiger partial charge in [-0.05, 0) is 55.7 Å². The van der Waals surface area contributed by atoms with Crippen molar-refractivity contribution in [3.63, 3.8) is 0 Å². The van der Waals surface area contributed by atoms with E-state index in [0.29, 0.717) is 6.04 Å². The van der Waals surface area contributed by atoms with Gasteiger partial charge in [-0.3, -0.25) is 0 Å². The third-order valence-electron chi connectivity index (χ3n) is 4.31. The summed E-state index contributed by atoms with van der Waals surface area (Å²) in [7, 11) is 2.12. The maximum Gasteiger partial charge on any atom is 0.0348 e. The van der Waals surface area contributed by atoms with E-state index in [1.165, 1.54) is 32.1 Å². The van der Waals surface area contributed by atoms with E-state index in [1.54, 1.807) is 11.1 Å². The van der Waals surface area contributed by atoms with Gasteiger partial charge >= 0.3 is 0 Å². The van der Waals surface area contributed by atoms with Crippen LogP contribution in [0.25, 0.3) is 0 Å². The fourth-order valence-electron chi connectivity index (χ4n) is 3.29. The largest absolute Gasteiger partial charge is 0.313 e. The van der Waals surface area contributed by atoms with Gasteiger partial charge in [0.2, 0.25) is 0 Å². The standard InChI is InChI=1S/C17H27N/c1-13(2)11-12-15-9-6-8-14-7-4-5-10-16(14)17(15)18-3/h4-5,7,10,13,15,17-18H,6,8-9,11-12H2,1-3H3. The van der Waals surface area contributed by atoms with Crippen molar-refractivity contribution in [3.05, 3.63) is 35.4 Å². The van der Waals surface area contributed by atoms with Crippen LogP contribution in [0.15, 0.2) is 24.3 Å². The fourth-order valence-corrected chi connectivity index (χ4v) is 3.29. The second kappa shape index (κ2) is 6.38. The number of hydrogen-bond donors (Lipinski definition) is 1. The van der Waals surface area contributed by atoms with Gasteiger partial charge in [-0.1, -0.05) is 44.5 Å². The molecule has 0 heterocycles. The minimum atomic E-state index is 0.558. The highest BCUT2D eigenvalue weighted by Crippen LogP contribution is 2.36. The van der Waals surface area contributed by atoms with E-state index in [2.05, 4.69) is 50.5 Å². The van der Waals surface area contributed by atoms with E-state index in [9.17, 15) is 0 Å². The predicted molar refractivity (Wildman–Crippen MR) is 78.7 cm³/mol. The number of rotatable bonds is 4. The molecule has 1 aliphatic carbocycles. The molecule has 0 saturated carbocycles. The molecule has 0 aliphatic heterocycles. The van der Waals surface area contributed by atoms with Gasteiger partial charge in [-0.2, -0.15) is 0 Å². The fraction of sp³-hybridized carbons (Fsp3) is 0.647. The zero-order chi connectivity index (χ0) is 13.0. The zero-order valence-corrected chi connectivity index (χ0v) is 12.1. The van der Waals surface area contributed by atoms with E-state index >= 15 is 0 Å². The number of aryl methyl sites for hydroxylation is 1. The van der Waals surface area contributed by atoms with Crippen molar-refractivity contribution in [2.75, 3.05) is 7.05 Å². The van der Waals surface area contributed by atoms with E-state index in [1.807, 2.05) is 0 Å². The molecule has 1 aromatic rings. The molecule has 0 fully saturated rings. The van der Waals surface area contributed by atoms with Crippen LogP contribution in [-0.4, -0.2) is 7.05 Å². The first-order chi connectivity index (χ1) is 8.72. The number of fused-ring (bicyclic) bond motifs is 1. The maximum atomic E-state index is 3.57. The van der Waals surface area contributed by atoms with Crippen molar-refractivity contribution >= 4 is 0 Å². The number of nitrogens with one attached hydrogen (secondary N) is 1. The van der Waals surface area contributed by atoms with Crippen molar-refractivity contribution in [2.45, 2.75) is 52.0 Å². The Morgan fingerprint density at radius 2 is 2.06 bits per heavy atom. The van der Waals surface area contributed by atoms with Crippen LogP contribution in [0.2, 0.25) is 0 Å². The Bertz CT molecular complexity index is 370. The summed E-state index contributed by atoms with van der Waals surface area (Å²) in [5.41, 5.74) is 3.11. The van der Waals surface area contributed by atoms with Crippen molar-refractivity contribution in [3.8, 4) is 0 Å². The lowest BCUT2D eigenvalue weighted by Gasteiger charge is -2.27. The van der Waals surface area contributed by atoms with Gasteiger partial charge in [-0.15, -0.1) is 0 Å². The smallest absolute Gasteiger partial charge is 0.0348 e. The summed E-state index contributed by atoms with van der Waals surface area (Å²) in [6.07, 6.45) is 6.68. The average Bonchev–Trinajstić information content (AvgIpc) is 2.54. The molecular formula is C17H27N. The Morgan fingerprint density at radius 3 is 2.78 bits per heavy atom. The monoisotopic (exact) mass is 245 g/mol. The molecule has 1 aliphatic rings. The molecule has 0 aromatic heterocycles. The second-order valence-electron chi connectivity index (χ2n) is 6.09. The lowest BCUT2D eigenvalue weighted by Crippen LogP contribution is -2.25. The third kappa shape index (κ3) is 3.14. The van der Waals surface area contributed by atoms with Gasteiger partial charge in [0.15, 0.2) is 0 Å². The highest BCUT2D eigenvalue weighted by molar-refractivity contribution is 5.31. The first-order valence-corrected chi connectivity index (χ1v) is 7.47. The summed E-state index contributed by atoms with van der Waals surface area (Å²) in [5, 5.41) is 3.57. The van der Waals surface area contributed by atoms with Gasteiger partial charge in [0, 0.05) is 6.04 Å². The van der Waals surface area contributed by atoms with Gasteiger partial charge in [0.25, 0.3) is 0 Å². The SMILES string of the molecule is CNC1c2ccccc2CCCC1CCC(C)C. The van der Waals surface area contributed by atoms with Gasteiger partial charge in [0.05, 0.1) is 0 Å². The third-order valence-corrected chi connectivity index (χ3v) is 4.31. The zero-order valence-electron chi connectivity index (χ0n) is 12.1. The summed E-state index contributed by atoms with van der Waals surface area (Å²) >= 11 is 0. The molecule has 100 valence electrons. The second-order valence-corrected chi connectivity index (χ2v) is 6.09. The topological polar surface area (TPSA) is 12.0 Å². The highest BCUT2D eigenvalue weighted by Gasteiger charge is 2.26. The maximum absolute atomic E-state index is 3.57. The molecule has 0 saturated heterocycles. The summed E-state index contributed by atoms with van der Waals surface area (Å²) in [5.74, 6) is 1.63. The highest BCUT2D eigenvalue weighted by atomic mass is 14.9. The first kappa shape index (κ1) is 13.6. The molecule has 0 spiro atoms. The lowest BCUT2D eigenvalue weighted by atomic mass is 9.85. The Labute approximate surface area is 112 Å². The van der Waals surface area contributed by atoms with E-state index in [-0.39, 0.29) is 0 Å². The number of benzene rings is 1. The molecule has 0 amide bonds. The molecule has 0 bridgehead atoms. The van der Waals surface area contributed by atoms with Crippen LogP contribution in [0.5, 0.6) is 0 Å². The normalized spacial score (nSPS) is 23.8. The van der Waals surface area contributed by atoms with E-state index < -0.39 is 0 Å². The molecule has 18 heavy (non-hydrogen) atoms. The molecule has 2 unspecified atom stereocenters. The van der Waals surface area contributed by atoms with Crippen molar-refractivity contribution < 1.29 is 0 Å². The Morgan fingerprint density at radius 1 is 1.28 bits per heavy atom. The summed E-state index contributed by atoms with van der Waals surface area (Å²) in [6.45, 7) is 4.66. The van der Waals surface area contributed by atoms with Crippen LogP contribution in [0.3, 0.4) is 0 Å². The van der Waals surface area contributed by atoms with E-state index in [4.69, 9.17) is 0 Å². The minimum absolute atomic E-state index is 0.558. The Balaban J connectivity index is 2.17. The van der Waals surface area contributed by atoms with E-state index in [0.717, 1.165) is 11.8 Å². The summed E-state index contributed by atoms with van der Waals surface area (Å²) in [6, 6.07) is 9.56. The predicted octanol–water partition coefficient (Wildman–Crippen LogP) is 4.34. The van der Waals surface area contributed by atoms with Gasteiger partial charge in [0.1, 0.15) is 0 Å². The van der Waals surface area contributed by atoms with Crippen LogP contribution in [0.4, 0.5) is 0 Å². The molecule has 2 rings (SSSR count). The average molecular weight is 245 g/mol. The van der Waals surface area contributed by atoms with Crippen LogP contribution in [0, 0.1) is 11.8 Å². The summed E-state index contributed by atoms with van der Waals surface area (Å²) < 4.78 is 0. The molecule has 1 N–H and O–H groups in total. The quantitative estimate of drug-likeness (QED) is 0.778. The molecule has 1 nitrogen and oxygen atoms in total. The van der Waals surface area contributed by atoms with Gasteiger partial charge in [-0.25, -0.2) is 0 Å². The summed E-state index contributed by atoms with van der Waals surface area (Å²) in [4.78, 5) is 0. The number of hydrogen-bond acceptors (Lipinski definition) is 1. The van der Waals surface area contributed by atoms with Crippen LogP contribution < -0.4 is 5.32 Å². The Hall–Kier alpha value is -0.820. The van der Waals surface area contributed by atoms with Crippen molar-refractivity contribution in [1.82, 2.24) is 5.32 Å². The van der Waals surface area contributed by atoms with Crippen LogP contribution in [0.1, 0.15) is 56.7 Å². The van der Waals surface area contributed by atoms with Crippen LogP contribution in [-0.2, 0) is 6.42 Å². The van der Waals surface area contributed by atoms with Crippen molar-refractivity contribution in [2.24, 2.45) is 11.8 Å². The molecule has 1 aromatic carbocycles. The molecular weight excluding hydrogens is 218 g/mol. The van der Waals surface area contributed by atoms with Gasteiger partial charge < -0.3 is 5.32 Å². The lowest BCUT2D eigenvalue weighted by molar-refractivity contribution is 0.316. The Kier molecular flexibility index (Phi) is 4.82. The van der Waals surface area contributed by atoms with Crippen LogP contribution >= 0.6 is 0 Å². The molecule has 1 heteroatoms. The molecule has 2 atom stereocenters. The first-order valence-electron chi connectivity index (χ1n) is 7.47. The minimum Gasteiger partial charge on any atom is -0.313 e. The van der Waals surface area contributed by atoms with Crippen molar-refractivity contribution in [1.29, 1.82) is 0 Å². The molecule has 0 radical (unpaired) electrons.